The Morgan fingerprint density at radius 2 is 2.12 bits per heavy atom. The summed E-state index contributed by atoms with van der Waals surface area (Å²) in [5, 5.41) is 3.50. The number of hydrogen-bond donors (Lipinski definition) is 1. The van der Waals surface area contributed by atoms with E-state index in [2.05, 4.69) is 22.3 Å². The highest BCUT2D eigenvalue weighted by Crippen LogP contribution is 2.45. The van der Waals surface area contributed by atoms with Crippen LogP contribution in [0.4, 0.5) is 0 Å². The van der Waals surface area contributed by atoms with E-state index >= 15 is 0 Å². The van der Waals surface area contributed by atoms with Crippen molar-refractivity contribution in [3.05, 3.63) is 35.9 Å². The summed E-state index contributed by atoms with van der Waals surface area (Å²) in [7, 11) is 0. The molecule has 0 spiro atoms. The molecule has 1 aromatic rings. The molecule has 1 saturated carbocycles. The first-order valence-electron chi connectivity index (χ1n) is 9.90. The lowest BCUT2D eigenvalue weighted by molar-refractivity contribution is -0.144. The van der Waals surface area contributed by atoms with Gasteiger partial charge in [0, 0.05) is 25.6 Å². The van der Waals surface area contributed by atoms with Gasteiger partial charge in [-0.15, -0.1) is 0 Å². The molecule has 4 heteroatoms. The van der Waals surface area contributed by atoms with E-state index in [4.69, 9.17) is 4.74 Å². The van der Waals surface area contributed by atoms with Gasteiger partial charge in [-0.2, -0.15) is 0 Å². The third-order valence-corrected chi connectivity index (χ3v) is 6.50. The average Bonchev–Trinajstić information content (AvgIpc) is 3.29. The largest absolute Gasteiger partial charge is 0.376 e. The predicted octanol–water partition coefficient (Wildman–Crippen LogP) is 2.83. The maximum Gasteiger partial charge on any atom is 0.230 e. The lowest BCUT2D eigenvalue weighted by Gasteiger charge is -2.39. The molecule has 1 aliphatic carbocycles. The third kappa shape index (κ3) is 3.47. The van der Waals surface area contributed by atoms with E-state index in [-0.39, 0.29) is 5.41 Å². The number of nitrogens with one attached hydrogen (secondary N) is 1. The van der Waals surface area contributed by atoms with Crippen LogP contribution in [0.3, 0.4) is 0 Å². The van der Waals surface area contributed by atoms with Crippen molar-refractivity contribution >= 4 is 5.91 Å². The zero-order valence-corrected chi connectivity index (χ0v) is 15.1. The van der Waals surface area contributed by atoms with Gasteiger partial charge >= 0.3 is 0 Å². The summed E-state index contributed by atoms with van der Waals surface area (Å²) in [6.07, 6.45) is 5.87. The number of likely N-dealkylation sites (tertiary alicyclic amines) is 1. The fraction of sp³-hybridized carbons (Fsp3) is 0.667. The highest BCUT2D eigenvalue weighted by molar-refractivity contribution is 5.84. The van der Waals surface area contributed by atoms with Crippen molar-refractivity contribution in [3.8, 4) is 0 Å². The van der Waals surface area contributed by atoms with Crippen LogP contribution in [0.25, 0.3) is 0 Å². The van der Waals surface area contributed by atoms with Crippen LogP contribution in [0.15, 0.2) is 30.3 Å². The lowest BCUT2D eigenvalue weighted by atomic mass is 9.67. The fourth-order valence-electron chi connectivity index (χ4n) is 5.05. The van der Waals surface area contributed by atoms with Gasteiger partial charge in [-0.3, -0.25) is 4.79 Å². The maximum atomic E-state index is 13.3. The molecule has 3 aliphatic rings. The van der Waals surface area contributed by atoms with E-state index < -0.39 is 0 Å². The Bertz CT molecular complexity index is 591. The first kappa shape index (κ1) is 17.0. The second-order valence-electron chi connectivity index (χ2n) is 8.14. The summed E-state index contributed by atoms with van der Waals surface area (Å²) >= 11 is 0. The Morgan fingerprint density at radius 1 is 1.24 bits per heavy atom. The summed E-state index contributed by atoms with van der Waals surface area (Å²) in [5.41, 5.74) is 1.12. The number of amides is 1. The number of carbonyl (C=O) groups excluding carboxylic acids is 1. The molecule has 0 bridgehead atoms. The topological polar surface area (TPSA) is 41.6 Å². The summed E-state index contributed by atoms with van der Waals surface area (Å²) in [4.78, 5) is 15.4. The first-order valence-corrected chi connectivity index (χ1v) is 9.90. The number of rotatable bonds is 5. The van der Waals surface area contributed by atoms with Crippen molar-refractivity contribution in [3.63, 3.8) is 0 Å². The van der Waals surface area contributed by atoms with Gasteiger partial charge < -0.3 is 15.0 Å². The zero-order chi connectivity index (χ0) is 17.1. The third-order valence-electron chi connectivity index (χ3n) is 6.50. The van der Waals surface area contributed by atoms with Gasteiger partial charge in [0.25, 0.3) is 0 Å². The van der Waals surface area contributed by atoms with Gasteiger partial charge in [0.05, 0.1) is 18.6 Å². The van der Waals surface area contributed by atoms with Crippen molar-refractivity contribution < 1.29 is 9.53 Å². The quantitative estimate of drug-likeness (QED) is 0.895. The molecule has 0 aromatic heterocycles. The van der Waals surface area contributed by atoms with Crippen molar-refractivity contribution in [2.45, 2.75) is 38.7 Å². The van der Waals surface area contributed by atoms with Crippen LogP contribution in [0.5, 0.6) is 0 Å². The van der Waals surface area contributed by atoms with Gasteiger partial charge in [0.1, 0.15) is 0 Å². The minimum Gasteiger partial charge on any atom is -0.376 e. The molecule has 4 rings (SSSR count). The molecule has 0 radical (unpaired) electrons. The fourth-order valence-corrected chi connectivity index (χ4v) is 5.05. The summed E-state index contributed by atoms with van der Waals surface area (Å²) < 4.78 is 5.91. The first-order chi connectivity index (χ1) is 12.3. The number of carbonyl (C=O) groups is 1. The molecule has 136 valence electrons. The van der Waals surface area contributed by atoms with Crippen LogP contribution in [0.1, 0.15) is 37.7 Å². The Balaban J connectivity index is 1.29. The molecular weight excluding hydrogens is 312 g/mol. The maximum absolute atomic E-state index is 13.3. The monoisotopic (exact) mass is 342 g/mol. The van der Waals surface area contributed by atoms with Crippen molar-refractivity contribution in [2.75, 3.05) is 32.8 Å². The summed E-state index contributed by atoms with van der Waals surface area (Å²) in [6, 6.07) is 10.3. The smallest absolute Gasteiger partial charge is 0.230 e. The molecule has 1 aromatic carbocycles. The molecule has 2 saturated heterocycles. The molecule has 1 N–H and O–H groups in total. The molecule has 1 unspecified atom stereocenters. The lowest BCUT2D eigenvalue weighted by Crippen LogP contribution is -2.49. The Hall–Kier alpha value is -1.39. The molecular formula is C21H30N2O2. The van der Waals surface area contributed by atoms with Crippen molar-refractivity contribution in [2.24, 2.45) is 17.3 Å². The van der Waals surface area contributed by atoms with E-state index in [9.17, 15) is 4.79 Å². The van der Waals surface area contributed by atoms with Gasteiger partial charge in [-0.25, -0.2) is 0 Å². The average molecular weight is 342 g/mol. The van der Waals surface area contributed by atoms with Gasteiger partial charge in [-0.1, -0.05) is 43.2 Å². The van der Waals surface area contributed by atoms with E-state index in [0.29, 0.717) is 24.3 Å². The molecule has 3 fully saturated rings. The zero-order valence-electron chi connectivity index (χ0n) is 15.1. The SMILES string of the molecule is O=C(N1CCC(COCc2ccccc2)C1)[C@@]12CCCC[C@H]1CNC2. The summed E-state index contributed by atoms with van der Waals surface area (Å²) in [6.45, 7) is 5.13. The second-order valence-corrected chi connectivity index (χ2v) is 8.14. The molecule has 3 atom stereocenters. The Morgan fingerprint density at radius 3 is 3.00 bits per heavy atom. The number of benzene rings is 1. The molecule has 2 heterocycles. The van der Waals surface area contributed by atoms with Crippen molar-refractivity contribution in [1.82, 2.24) is 10.2 Å². The van der Waals surface area contributed by atoms with Crippen molar-refractivity contribution in [1.29, 1.82) is 0 Å². The number of fused-ring (bicyclic) bond motifs is 1. The van der Waals surface area contributed by atoms with Gasteiger partial charge in [0.15, 0.2) is 0 Å². The van der Waals surface area contributed by atoms with E-state index in [0.717, 1.165) is 45.6 Å². The highest BCUT2D eigenvalue weighted by atomic mass is 16.5. The van der Waals surface area contributed by atoms with Crippen LogP contribution in [-0.2, 0) is 16.1 Å². The highest BCUT2D eigenvalue weighted by Gasteiger charge is 2.52. The standard InChI is InChI=1S/C21H30N2O2/c24-20(21-10-5-4-8-19(21)12-22-16-21)23-11-9-18(13-23)15-25-14-17-6-2-1-3-7-17/h1-3,6-7,18-19,22H,4-5,8-16H2/t18?,19-,21+/m0/s1. The normalized spacial score (nSPS) is 31.9. The van der Waals surface area contributed by atoms with Crippen LogP contribution in [-0.4, -0.2) is 43.6 Å². The van der Waals surface area contributed by atoms with Crippen LogP contribution < -0.4 is 5.32 Å². The van der Waals surface area contributed by atoms with E-state index in [1.807, 2.05) is 18.2 Å². The molecule has 2 aliphatic heterocycles. The van der Waals surface area contributed by atoms with Crippen LogP contribution in [0, 0.1) is 17.3 Å². The van der Waals surface area contributed by atoms with Crippen LogP contribution in [0.2, 0.25) is 0 Å². The van der Waals surface area contributed by atoms with E-state index in [1.54, 1.807) is 0 Å². The number of nitrogens with zero attached hydrogens (tertiary/aromatic N) is 1. The minimum absolute atomic E-state index is 0.0992. The minimum atomic E-state index is -0.0992. The number of hydrogen-bond acceptors (Lipinski definition) is 3. The second kappa shape index (κ2) is 7.46. The van der Waals surface area contributed by atoms with E-state index in [1.165, 1.54) is 24.8 Å². The molecule has 4 nitrogen and oxygen atoms in total. The Kier molecular flexibility index (Phi) is 5.09. The predicted molar refractivity (Wildman–Crippen MR) is 98.0 cm³/mol. The summed E-state index contributed by atoms with van der Waals surface area (Å²) in [5.74, 6) is 1.47. The Labute approximate surface area is 150 Å². The molecule has 25 heavy (non-hydrogen) atoms. The van der Waals surface area contributed by atoms with Crippen LogP contribution >= 0.6 is 0 Å². The van der Waals surface area contributed by atoms with Gasteiger partial charge in [0.2, 0.25) is 5.91 Å². The number of ether oxygens (including phenoxy) is 1. The molecule has 1 amide bonds. The van der Waals surface area contributed by atoms with Gasteiger partial charge in [-0.05, 0) is 37.3 Å².